The molecule has 0 radical (unpaired) electrons. The van der Waals surface area contributed by atoms with Gasteiger partial charge in [-0.1, -0.05) is 0 Å². The number of hydrogen-bond donors (Lipinski definition) is 4. The summed E-state index contributed by atoms with van der Waals surface area (Å²) in [6.07, 6.45) is 1.45. The molecule has 1 aliphatic rings. The number of ether oxygens (including phenoxy) is 1. The predicted molar refractivity (Wildman–Crippen MR) is 147 cm³/mol. The van der Waals surface area contributed by atoms with Crippen LogP contribution >= 0.6 is 6.72 Å². The SMILES string of the molecule is C/C(=C1\CCC[C@H](C)O[C@@H](n2cnc3c(=O)[nH]ccc32)[C@@H](F)OP(O)(=S)OC[C@H]1O)n1cnc2c(N)ncnc21. The van der Waals surface area contributed by atoms with Gasteiger partial charge in [0.05, 0.1) is 24.6 Å². The first-order valence-electron chi connectivity index (χ1n) is 12.4. The molecule has 1 aliphatic heterocycles. The largest absolute Gasteiger partial charge is 0.386 e. The first-order valence-corrected chi connectivity index (χ1v) is 15.0. The highest BCUT2D eigenvalue weighted by atomic mass is 32.5. The van der Waals surface area contributed by atoms with Gasteiger partial charge < -0.3 is 30.0 Å². The van der Waals surface area contributed by atoms with Crippen LogP contribution in [0.2, 0.25) is 0 Å². The Morgan fingerprint density at radius 2 is 2.05 bits per heavy atom. The number of H-pyrrole nitrogens is 1. The van der Waals surface area contributed by atoms with Crippen molar-refractivity contribution in [1.29, 1.82) is 0 Å². The summed E-state index contributed by atoms with van der Waals surface area (Å²) in [5.74, 6) is 0.218. The van der Waals surface area contributed by atoms with Gasteiger partial charge >= 0.3 is 6.72 Å². The van der Waals surface area contributed by atoms with Gasteiger partial charge in [0.1, 0.15) is 18.8 Å². The number of nitrogens with two attached hydrogens (primary N) is 1. The molecule has 0 aromatic carbocycles. The van der Waals surface area contributed by atoms with Crippen LogP contribution in [0.1, 0.15) is 39.3 Å². The summed E-state index contributed by atoms with van der Waals surface area (Å²) in [5.41, 5.74) is 7.89. The maximum absolute atomic E-state index is 15.6. The number of alkyl halides is 1. The van der Waals surface area contributed by atoms with Gasteiger partial charge in [-0.15, -0.1) is 0 Å². The lowest BCUT2D eigenvalue weighted by molar-refractivity contribution is -0.151. The van der Waals surface area contributed by atoms with Crippen molar-refractivity contribution in [2.45, 2.75) is 57.9 Å². The van der Waals surface area contributed by atoms with E-state index in [4.69, 9.17) is 31.3 Å². The lowest BCUT2D eigenvalue weighted by atomic mass is 10.00. The zero-order chi connectivity index (χ0) is 28.6. The monoisotopic (exact) mass is 594 g/mol. The second kappa shape index (κ2) is 11.4. The maximum atomic E-state index is 15.6. The molecule has 5 rings (SSSR count). The van der Waals surface area contributed by atoms with Gasteiger partial charge in [-0.3, -0.25) is 18.5 Å². The number of nitrogen functional groups attached to an aromatic ring is 1. The van der Waals surface area contributed by atoms with Crippen LogP contribution in [0.5, 0.6) is 0 Å². The summed E-state index contributed by atoms with van der Waals surface area (Å²) in [5, 5.41) is 11.1. The number of fused-ring (bicyclic) bond motifs is 2. The Morgan fingerprint density at radius 3 is 2.85 bits per heavy atom. The Morgan fingerprint density at radius 1 is 1.27 bits per heavy atom. The van der Waals surface area contributed by atoms with Crippen LogP contribution in [0.4, 0.5) is 10.2 Å². The van der Waals surface area contributed by atoms with Crippen LogP contribution in [0, 0.1) is 0 Å². The molecule has 0 spiro atoms. The highest BCUT2D eigenvalue weighted by molar-refractivity contribution is 8.07. The molecule has 5 atom stereocenters. The van der Waals surface area contributed by atoms with Gasteiger partial charge in [0.2, 0.25) is 0 Å². The molecule has 0 bridgehead atoms. The van der Waals surface area contributed by atoms with Crippen LogP contribution in [-0.2, 0) is 25.6 Å². The molecule has 5 N–H and O–H groups in total. The minimum Gasteiger partial charge on any atom is -0.386 e. The molecular weight excluding hydrogens is 566 g/mol. The molecule has 1 fully saturated rings. The number of nitrogens with zero attached hydrogens (tertiary/aromatic N) is 6. The van der Waals surface area contributed by atoms with Gasteiger partial charge in [-0.2, -0.15) is 0 Å². The summed E-state index contributed by atoms with van der Waals surface area (Å²) in [6, 6.07) is 1.55. The lowest BCUT2D eigenvalue weighted by Crippen LogP contribution is -2.28. The zero-order valence-electron chi connectivity index (χ0n) is 21.5. The molecule has 4 aromatic heterocycles. The fourth-order valence-corrected chi connectivity index (χ4v) is 5.81. The number of nitrogens with one attached hydrogen (secondary N) is 1. The van der Waals surface area contributed by atoms with E-state index < -0.39 is 43.7 Å². The molecule has 1 unspecified atom stereocenters. The van der Waals surface area contributed by atoms with E-state index in [2.05, 4.69) is 24.9 Å². The molecule has 1 saturated heterocycles. The smallest absolute Gasteiger partial charge is 0.327 e. The molecule has 4 aromatic rings. The van der Waals surface area contributed by atoms with E-state index in [-0.39, 0.29) is 11.3 Å². The molecule has 214 valence electrons. The predicted octanol–water partition coefficient (Wildman–Crippen LogP) is 2.37. The van der Waals surface area contributed by atoms with Crippen LogP contribution < -0.4 is 11.3 Å². The summed E-state index contributed by atoms with van der Waals surface area (Å²) < 4.78 is 35.1. The number of imidazole rings is 2. The van der Waals surface area contributed by atoms with E-state index in [0.29, 0.717) is 47.2 Å². The number of allylic oxidation sites excluding steroid dienone is 1. The van der Waals surface area contributed by atoms with Crippen molar-refractivity contribution < 1.29 is 28.2 Å². The lowest BCUT2D eigenvalue weighted by Gasteiger charge is -2.28. The third kappa shape index (κ3) is 5.69. The Balaban J connectivity index is 1.47. The van der Waals surface area contributed by atoms with E-state index in [9.17, 15) is 14.8 Å². The summed E-state index contributed by atoms with van der Waals surface area (Å²) in [7, 11) is 0. The number of aliphatic hydroxyl groups excluding tert-OH is 1. The van der Waals surface area contributed by atoms with Crippen molar-refractivity contribution in [1.82, 2.24) is 34.1 Å². The van der Waals surface area contributed by atoms with Crippen molar-refractivity contribution in [3.05, 3.63) is 47.2 Å². The van der Waals surface area contributed by atoms with Crippen LogP contribution in [0.3, 0.4) is 0 Å². The van der Waals surface area contributed by atoms with Gasteiger partial charge in [-0.05, 0) is 56.6 Å². The number of aromatic amines is 1. The van der Waals surface area contributed by atoms with Gasteiger partial charge in [-0.25, -0.2) is 24.3 Å². The topological polar surface area (TPSA) is 188 Å². The Bertz CT molecular complexity index is 1670. The summed E-state index contributed by atoms with van der Waals surface area (Å²) in [6.45, 7) is -1.12. The normalized spacial score (nSPS) is 28.6. The molecular formula is C23H28FN8O6PS. The fourth-order valence-electron chi connectivity index (χ4n) is 4.63. The van der Waals surface area contributed by atoms with Crippen LogP contribution in [0.25, 0.3) is 27.9 Å². The zero-order valence-corrected chi connectivity index (χ0v) is 23.3. The molecule has 0 amide bonds. The average Bonchev–Trinajstić information content (AvgIpc) is 3.54. The van der Waals surface area contributed by atoms with Gasteiger partial charge in [0.15, 0.2) is 28.7 Å². The Labute approximate surface area is 231 Å². The number of rotatable bonds is 2. The highest BCUT2D eigenvalue weighted by Gasteiger charge is 2.34. The average molecular weight is 595 g/mol. The maximum Gasteiger partial charge on any atom is 0.327 e. The second-order valence-electron chi connectivity index (χ2n) is 9.32. The second-order valence-corrected chi connectivity index (χ2v) is 12.1. The third-order valence-electron chi connectivity index (χ3n) is 6.65. The minimum atomic E-state index is -4.20. The van der Waals surface area contributed by atoms with Crippen LogP contribution in [-0.4, -0.2) is 69.2 Å². The molecule has 5 heterocycles. The first kappa shape index (κ1) is 28.4. The van der Waals surface area contributed by atoms with Crippen molar-refractivity contribution >= 4 is 52.2 Å². The first-order chi connectivity index (χ1) is 19.1. The molecule has 40 heavy (non-hydrogen) atoms. The number of anilines is 1. The minimum absolute atomic E-state index is 0.0842. The van der Waals surface area contributed by atoms with E-state index in [1.165, 1.54) is 29.7 Å². The van der Waals surface area contributed by atoms with E-state index in [0.717, 1.165) is 0 Å². The highest BCUT2D eigenvalue weighted by Crippen LogP contribution is 2.48. The van der Waals surface area contributed by atoms with Crippen molar-refractivity contribution in [2.75, 3.05) is 12.3 Å². The molecule has 0 saturated carbocycles. The number of halogens is 1. The molecule has 14 nitrogen and oxygen atoms in total. The van der Waals surface area contributed by atoms with E-state index in [1.807, 2.05) is 0 Å². The third-order valence-corrected chi connectivity index (χ3v) is 8.17. The molecule has 0 aliphatic carbocycles. The number of aliphatic hydroxyl groups is 1. The van der Waals surface area contributed by atoms with Crippen molar-refractivity contribution in [3.63, 3.8) is 0 Å². The van der Waals surface area contributed by atoms with E-state index in [1.54, 1.807) is 24.5 Å². The summed E-state index contributed by atoms with van der Waals surface area (Å²) in [4.78, 5) is 41.9. The van der Waals surface area contributed by atoms with E-state index >= 15 is 4.39 Å². The number of aromatic nitrogens is 7. The molecule has 17 heteroatoms. The van der Waals surface area contributed by atoms with Gasteiger partial charge in [0.25, 0.3) is 11.9 Å². The fraction of sp³-hybridized carbons (Fsp3) is 0.435. The van der Waals surface area contributed by atoms with Gasteiger partial charge in [0, 0.05) is 11.9 Å². The van der Waals surface area contributed by atoms with Crippen molar-refractivity contribution in [3.8, 4) is 0 Å². The quantitative estimate of drug-likeness (QED) is 0.248. The number of pyridine rings is 1. The van der Waals surface area contributed by atoms with Crippen molar-refractivity contribution in [2.24, 2.45) is 0 Å². The Hall–Kier alpha value is -3.11. The standard InChI is InChI=1S/C23H28FN8O6PS/c1-12-4-3-5-14(13(2)31-10-30-18-20(25)27-9-28-21(18)31)16(33)8-36-39(35,40)38-19(24)23(37-12)32-11-29-17-15(32)6-7-26-22(17)34/h6-7,9-12,16,19,23,33H,3-5,8H2,1-2H3,(H,26,34)(H,35,40)(H2,25,27,28)/b14-13-/t12-,16+,19-,23+,39?/m0/s1. The summed E-state index contributed by atoms with van der Waals surface area (Å²) >= 11 is 5.05. The number of hydrogen-bond acceptors (Lipinski definition) is 11. The van der Waals surface area contributed by atoms with Crippen LogP contribution in [0.15, 0.2) is 41.6 Å². The Kier molecular flexibility index (Phi) is 8.10.